The Morgan fingerprint density at radius 1 is 1.32 bits per heavy atom. The predicted octanol–water partition coefficient (Wildman–Crippen LogP) is 4.53. The number of nitriles is 1. The molecule has 0 fully saturated rings. The lowest BCUT2D eigenvalue weighted by Gasteiger charge is -2.10. The summed E-state index contributed by atoms with van der Waals surface area (Å²) in [5, 5.41) is 15.3. The third kappa shape index (κ3) is 5.18. The summed E-state index contributed by atoms with van der Waals surface area (Å²) in [7, 11) is 1.49. The second-order valence-electron chi connectivity index (χ2n) is 4.84. The molecule has 5 nitrogen and oxygen atoms in total. The van der Waals surface area contributed by atoms with Crippen LogP contribution in [0.1, 0.15) is 0 Å². The average Bonchev–Trinajstić information content (AvgIpc) is 2.62. The smallest absolute Gasteiger partial charge is 0.267 e. The van der Waals surface area contributed by atoms with Crippen LogP contribution in [0.25, 0.3) is 0 Å². The molecule has 0 saturated carbocycles. The van der Waals surface area contributed by atoms with Crippen molar-refractivity contribution in [2.75, 3.05) is 24.0 Å². The van der Waals surface area contributed by atoms with E-state index in [0.29, 0.717) is 16.5 Å². The molecule has 128 valence electrons. The Hall–Kier alpha value is -2.62. The molecule has 0 aliphatic carbocycles. The van der Waals surface area contributed by atoms with Gasteiger partial charge in [-0.15, -0.1) is 11.8 Å². The fourth-order valence-electron chi connectivity index (χ4n) is 1.98. The molecule has 7 heteroatoms. The number of amides is 1. The largest absolute Gasteiger partial charge is 0.495 e. The highest BCUT2D eigenvalue weighted by Gasteiger charge is 2.12. The maximum absolute atomic E-state index is 12.3. The molecule has 0 unspecified atom stereocenters. The van der Waals surface area contributed by atoms with Crippen LogP contribution in [-0.2, 0) is 4.79 Å². The number of carbonyl (C=O) groups is 1. The highest BCUT2D eigenvalue weighted by atomic mass is 35.5. The van der Waals surface area contributed by atoms with Crippen LogP contribution in [-0.4, -0.2) is 19.3 Å². The first kappa shape index (κ1) is 18.7. The lowest BCUT2D eigenvalue weighted by molar-refractivity contribution is -0.112. The summed E-state index contributed by atoms with van der Waals surface area (Å²) >= 11 is 7.54. The molecule has 1 amide bonds. The van der Waals surface area contributed by atoms with Gasteiger partial charge in [-0.05, 0) is 42.7 Å². The minimum absolute atomic E-state index is 0.0726. The van der Waals surface area contributed by atoms with Gasteiger partial charge in [-0.2, -0.15) is 5.26 Å². The quantitative estimate of drug-likeness (QED) is 0.442. The van der Waals surface area contributed by atoms with Crippen LogP contribution < -0.4 is 15.4 Å². The van der Waals surface area contributed by atoms with Crippen molar-refractivity contribution in [3.05, 3.63) is 59.3 Å². The summed E-state index contributed by atoms with van der Waals surface area (Å²) in [5.41, 5.74) is 1.11. The van der Waals surface area contributed by atoms with Gasteiger partial charge in [0.15, 0.2) is 0 Å². The Balaban J connectivity index is 2.15. The first-order chi connectivity index (χ1) is 12.1. The highest BCUT2D eigenvalue weighted by molar-refractivity contribution is 7.98. The number of rotatable bonds is 6. The summed E-state index contributed by atoms with van der Waals surface area (Å²) in [4.78, 5) is 13.4. The van der Waals surface area contributed by atoms with Crippen molar-refractivity contribution in [1.29, 1.82) is 5.26 Å². The molecule has 2 rings (SSSR count). The van der Waals surface area contributed by atoms with E-state index in [9.17, 15) is 10.1 Å². The summed E-state index contributed by atoms with van der Waals surface area (Å²) in [6.45, 7) is 0. The van der Waals surface area contributed by atoms with Crippen LogP contribution in [0, 0.1) is 11.3 Å². The number of anilines is 2. The van der Waals surface area contributed by atoms with Crippen LogP contribution in [0.3, 0.4) is 0 Å². The number of carbonyl (C=O) groups excluding carboxylic acids is 1. The first-order valence-corrected chi connectivity index (χ1v) is 8.83. The first-order valence-electron chi connectivity index (χ1n) is 7.23. The van der Waals surface area contributed by atoms with E-state index in [2.05, 4.69) is 10.6 Å². The van der Waals surface area contributed by atoms with Crippen molar-refractivity contribution in [3.8, 4) is 11.8 Å². The molecule has 0 atom stereocenters. The lowest BCUT2D eigenvalue weighted by atomic mass is 10.2. The summed E-state index contributed by atoms with van der Waals surface area (Å²) in [5.74, 6) is -0.104. The van der Waals surface area contributed by atoms with E-state index < -0.39 is 5.91 Å². The maximum atomic E-state index is 12.3. The third-order valence-corrected chi connectivity index (χ3v) is 4.19. The molecule has 0 aliphatic heterocycles. The zero-order chi connectivity index (χ0) is 18.2. The van der Waals surface area contributed by atoms with Gasteiger partial charge in [0, 0.05) is 21.8 Å². The number of methoxy groups -OCH3 is 1. The molecule has 0 bridgehead atoms. The number of benzene rings is 2. The monoisotopic (exact) mass is 373 g/mol. The minimum Gasteiger partial charge on any atom is -0.495 e. The molecule has 0 aliphatic rings. The normalized spacial score (nSPS) is 10.7. The number of hydrogen-bond acceptors (Lipinski definition) is 5. The Labute approximate surface area is 155 Å². The lowest BCUT2D eigenvalue weighted by Crippen LogP contribution is -2.15. The molecule has 0 spiro atoms. The number of nitrogens with zero attached hydrogens (tertiary/aromatic N) is 1. The van der Waals surface area contributed by atoms with Gasteiger partial charge in [-0.25, -0.2) is 0 Å². The number of nitrogens with one attached hydrogen (secondary N) is 2. The van der Waals surface area contributed by atoms with Gasteiger partial charge in [0.25, 0.3) is 5.91 Å². The molecule has 0 radical (unpaired) electrons. The number of halogens is 1. The summed E-state index contributed by atoms with van der Waals surface area (Å²) < 4.78 is 5.18. The van der Waals surface area contributed by atoms with E-state index in [1.165, 1.54) is 13.3 Å². The molecule has 2 aromatic rings. The Morgan fingerprint density at radius 2 is 2.12 bits per heavy atom. The molecule has 0 heterocycles. The van der Waals surface area contributed by atoms with Crippen molar-refractivity contribution in [2.24, 2.45) is 0 Å². The maximum Gasteiger partial charge on any atom is 0.267 e. The van der Waals surface area contributed by atoms with Crippen molar-refractivity contribution < 1.29 is 9.53 Å². The van der Waals surface area contributed by atoms with E-state index in [1.807, 2.05) is 36.6 Å². The Bertz CT molecular complexity index is 846. The van der Waals surface area contributed by atoms with Gasteiger partial charge in [0.1, 0.15) is 17.4 Å². The third-order valence-electron chi connectivity index (χ3n) is 3.23. The molecule has 2 N–H and O–H groups in total. The van der Waals surface area contributed by atoms with E-state index in [4.69, 9.17) is 16.3 Å². The average molecular weight is 374 g/mol. The predicted molar refractivity (Wildman–Crippen MR) is 102 cm³/mol. The molecular weight excluding hydrogens is 358 g/mol. The fraction of sp³-hybridized carbons (Fsp3) is 0.111. The second kappa shape index (κ2) is 9.02. The number of thioether (sulfide) groups is 1. The zero-order valence-electron chi connectivity index (χ0n) is 13.7. The van der Waals surface area contributed by atoms with Crippen molar-refractivity contribution in [3.63, 3.8) is 0 Å². The molecule has 2 aromatic carbocycles. The van der Waals surface area contributed by atoms with Gasteiger partial charge in [-0.3, -0.25) is 4.79 Å². The highest BCUT2D eigenvalue weighted by Crippen LogP contribution is 2.28. The fourth-order valence-corrected chi connectivity index (χ4v) is 2.62. The van der Waals surface area contributed by atoms with Crippen LogP contribution in [0.5, 0.6) is 5.75 Å². The van der Waals surface area contributed by atoms with Crippen LogP contribution in [0.4, 0.5) is 11.4 Å². The molecule has 0 aromatic heterocycles. The minimum atomic E-state index is -0.559. The van der Waals surface area contributed by atoms with E-state index in [0.717, 1.165) is 10.6 Å². The second-order valence-corrected chi connectivity index (χ2v) is 6.16. The van der Waals surface area contributed by atoms with Gasteiger partial charge in [0.2, 0.25) is 0 Å². The molecule has 25 heavy (non-hydrogen) atoms. The van der Waals surface area contributed by atoms with E-state index >= 15 is 0 Å². The van der Waals surface area contributed by atoms with Gasteiger partial charge < -0.3 is 15.4 Å². The van der Waals surface area contributed by atoms with Crippen LogP contribution in [0.2, 0.25) is 5.02 Å². The van der Waals surface area contributed by atoms with Crippen molar-refractivity contribution in [1.82, 2.24) is 0 Å². The topological polar surface area (TPSA) is 74.1 Å². The molecular formula is C18H16ClN3O2S. The number of ether oxygens (including phenoxy) is 1. The van der Waals surface area contributed by atoms with E-state index in [-0.39, 0.29) is 5.57 Å². The summed E-state index contributed by atoms with van der Waals surface area (Å²) in [6.07, 6.45) is 3.34. The Morgan fingerprint density at radius 3 is 2.80 bits per heavy atom. The summed E-state index contributed by atoms with van der Waals surface area (Å²) in [6, 6.07) is 14.4. The van der Waals surface area contributed by atoms with Crippen LogP contribution >= 0.6 is 23.4 Å². The zero-order valence-corrected chi connectivity index (χ0v) is 15.2. The van der Waals surface area contributed by atoms with Gasteiger partial charge in [0.05, 0.1) is 12.8 Å². The van der Waals surface area contributed by atoms with Crippen LogP contribution in [0.15, 0.2) is 59.1 Å². The van der Waals surface area contributed by atoms with Crippen molar-refractivity contribution in [2.45, 2.75) is 4.90 Å². The molecule has 0 saturated heterocycles. The number of hydrogen-bond donors (Lipinski definition) is 2. The van der Waals surface area contributed by atoms with Gasteiger partial charge in [-0.1, -0.05) is 17.7 Å². The van der Waals surface area contributed by atoms with Crippen molar-refractivity contribution >= 4 is 40.6 Å². The standard InChI is InChI=1S/C18H16ClN3O2S/c1-24-17-7-6-13(19)8-16(17)22-18(23)12(10-20)11-21-14-4-3-5-15(9-14)25-2/h3-9,11,21H,1-2H3,(H,22,23)/b12-11-. The SMILES string of the molecule is COc1ccc(Cl)cc1NC(=O)/C(C#N)=C\Nc1cccc(SC)c1. The van der Waals surface area contributed by atoms with Gasteiger partial charge >= 0.3 is 0 Å². The van der Waals surface area contributed by atoms with E-state index in [1.54, 1.807) is 30.0 Å². The Kier molecular flexibility index (Phi) is 6.75.